The number of hydrogen-bond acceptors (Lipinski definition) is 2. The van der Waals surface area contributed by atoms with E-state index in [1.807, 2.05) is 6.92 Å². The molecule has 0 unspecified atom stereocenters. The minimum atomic E-state index is -4.86. The molecule has 1 saturated carbocycles. The van der Waals surface area contributed by atoms with Gasteiger partial charge in [0.25, 0.3) is 11.5 Å². The maximum Gasteiger partial charge on any atom is 0.430 e. The smallest absolute Gasteiger partial charge is 0.356 e. The summed E-state index contributed by atoms with van der Waals surface area (Å²) < 4.78 is 46.4. The van der Waals surface area contributed by atoms with Crippen molar-refractivity contribution >= 4 is 5.91 Å². The molecule has 1 amide bonds. The molecular formula is C18H24F3NO2. The van der Waals surface area contributed by atoms with Gasteiger partial charge in [-0.1, -0.05) is 50.6 Å². The van der Waals surface area contributed by atoms with Crippen LogP contribution in [0.15, 0.2) is 30.3 Å². The van der Waals surface area contributed by atoms with Crippen molar-refractivity contribution in [2.24, 2.45) is 11.8 Å². The van der Waals surface area contributed by atoms with Gasteiger partial charge < -0.3 is 10.1 Å². The van der Waals surface area contributed by atoms with E-state index in [9.17, 15) is 18.0 Å². The van der Waals surface area contributed by atoms with Gasteiger partial charge in [-0.15, -0.1) is 0 Å². The summed E-state index contributed by atoms with van der Waals surface area (Å²) >= 11 is 0. The van der Waals surface area contributed by atoms with Gasteiger partial charge in [0, 0.05) is 18.7 Å². The molecule has 0 heterocycles. The Hall–Kier alpha value is -1.56. The van der Waals surface area contributed by atoms with Crippen LogP contribution in [0.25, 0.3) is 0 Å². The Kier molecular flexibility index (Phi) is 5.58. The SMILES string of the molecule is CO[C@@](C(=O)N[C@H]1C[C@H](C)CC[C@H]1C)(c1ccccc1)C(F)(F)F. The van der Waals surface area contributed by atoms with Crippen LogP contribution in [-0.2, 0) is 15.1 Å². The molecule has 1 aromatic rings. The molecule has 0 radical (unpaired) electrons. The van der Waals surface area contributed by atoms with Crippen molar-refractivity contribution in [3.8, 4) is 0 Å². The van der Waals surface area contributed by atoms with Crippen LogP contribution in [0.3, 0.4) is 0 Å². The first-order valence-electron chi connectivity index (χ1n) is 8.20. The summed E-state index contributed by atoms with van der Waals surface area (Å²) in [6, 6.07) is 6.79. The molecule has 1 aromatic carbocycles. The first-order chi connectivity index (χ1) is 11.2. The molecule has 1 fully saturated rings. The average molecular weight is 343 g/mol. The topological polar surface area (TPSA) is 38.3 Å². The molecule has 4 atom stereocenters. The molecule has 0 saturated heterocycles. The minimum Gasteiger partial charge on any atom is -0.356 e. The number of methoxy groups -OCH3 is 1. The number of carbonyl (C=O) groups is 1. The fourth-order valence-corrected chi connectivity index (χ4v) is 3.43. The van der Waals surface area contributed by atoms with Gasteiger partial charge >= 0.3 is 6.18 Å². The third-order valence-electron chi connectivity index (χ3n) is 4.98. The van der Waals surface area contributed by atoms with Crippen molar-refractivity contribution in [1.29, 1.82) is 0 Å². The zero-order chi connectivity index (χ0) is 18.0. The maximum atomic E-state index is 13.9. The Morgan fingerprint density at radius 3 is 2.33 bits per heavy atom. The summed E-state index contributed by atoms with van der Waals surface area (Å²) in [5.74, 6) is -0.621. The second-order valence-corrected chi connectivity index (χ2v) is 6.72. The van der Waals surface area contributed by atoms with Gasteiger partial charge in [-0.2, -0.15) is 13.2 Å². The number of amides is 1. The van der Waals surface area contributed by atoms with Crippen LogP contribution in [0.1, 0.15) is 38.7 Å². The quantitative estimate of drug-likeness (QED) is 0.896. The van der Waals surface area contributed by atoms with Crippen LogP contribution < -0.4 is 5.32 Å². The highest BCUT2D eigenvalue weighted by molar-refractivity contribution is 5.88. The summed E-state index contributed by atoms with van der Waals surface area (Å²) in [4.78, 5) is 12.7. The number of alkyl halides is 3. The van der Waals surface area contributed by atoms with E-state index in [4.69, 9.17) is 4.74 Å². The van der Waals surface area contributed by atoms with Crippen molar-refractivity contribution < 1.29 is 22.7 Å². The molecule has 3 nitrogen and oxygen atoms in total. The molecule has 1 aliphatic carbocycles. The Labute approximate surface area is 140 Å². The Bertz CT molecular complexity index is 561. The number of nitrogens with one attached hydrogen (secondary N) is 1. The number of benzene rings is 1. The van der Waals surface area contributed by atoms with Crippen LogP contribution in [0.2, 0.25) is 0 Å². The summed E-state index contributed by atoms with van der Waals surface area (Å²) in [6.45, 7) is 4.01. The Morgan fingerprint density at radius 1 is 1.17 bits per heavy atom. The lowest BCUT2D eigenvalue weighted by molar-refractivity contribution is -0.266. The molecule has 6 heteroatoms. The van der Waals surface area contributed by atoms with Gasteiger partial charge in [0.2, 0.25) is 0 Å². The van der Waals surface area contributed by atoms with E-state index in [1.54, 1.807) is 6.07 Å². The zero-order valence-electron chi connectivity index (χ0n) is 14.2. The molecule has 0 aliphatic heterocycles. The van der Waals surface area contributed by atoms with E-state index in [2.05, 4.69) is 12.2 Å². The van der Waals surface area contributed by atoms with Crippen LogP contribution in [0.5, 0.6) is 0 Å². The number of rotatable bonds is 4. The maximum absolute atomic E-state index is 13.9. The molecule has 1 N–H and O–H groups in total. The van der Waals surface area contributed by atoms with Crippen molar-refractivity contribution in [3.05, 3.63) is 35.9 Å². The molecule has 0 spiro atoms. The molecule has 2 rings (SSSR count). The lowest BCUT2D eigenvalue weighted by atomic mass is 9.79. The van der Waals surface area contributed by atoms with Crippen LogP contribution in [0, 0.1) is 11.8 Å². The molecule has 0 aromatic heterocycles. The summed E-state index contributed by atoms with van der Waals surface area (Å²) in [5.41, 5.74) is -3.21. The Morgan fingerprint density at radius 2 is 1.79 bits per heavy atom. The molecular weight excluding hydrogens is 319 g/mol. The first-order valence-corrected chi connectivity index (χ1v) is 8.20. The fourth-order valence-electron chi connectivity index (χ4n) is 3.43. The summed E-state index contributed by atoms with van der Waals surface area (Å²) in [7, 11) is 0.924. The number of hydrogen-bond donors (Lipinski definition) is 1. The van der Waals surface area contributed by atoms with Crippen LogP contribution in [0.4, 0.5) is 13.2 Å². The van der Waals surface area contributed by atoms with E-state index in [1.165, 1.54) is 24.3 Å². The highest BCUT2D eigenvalue weighted by atomic mass is 19.4. The van der Waals surface area contributed by atoms with E-state index >= 15 is 0 Å². The van der Waals surface area contributed by atoms with Gasteiger partial charge in [0.1, 0.15) is 0 Å². The fraction of sp³-hybridized carbons (Fsp3) is 0.611. The standard InChI is InChI=1S/C18H24F3NO2/c1-12-9-10-13(2)15(11-12)22-16(23)17(24-3,18(19,20)21)14-7-5-4-6-8-14/h4-8,12-13,15H,9-11H2,1-3H3,(H,22,23)/t12-,13-,15+,17-/m1/s1. The largest absolute Gasteiger partial charge is 0.430 e. The van der Waals surface area contributed by atoms with Gasteiger partial charge in [-0.05, 0) is 24.7 Å². The highest BCUT2D eigenvalue weighted by Gasteiger charge is 2.62. The van der Waals surface area contributed by atoms with Crippen LogP contribution in [-0.4, -0.2) is 25.2 Å². The summed E-state index contributed by atoms with van der Waals surface area (Å²) in [5, 5.41) is 2.61. The van der Waals surface area contributed by atoms with E-state index in [-0.39, 0.29) is 17.5 Å². The van der Waals surface area contributed by atoms with Crippen molar-refractivity contribution in [2.45, 2.75) is 50.9 Å². The monoisotopic (exact) mass is 343 g/mol. The normalized spacial score (nSPS) is 27.3. The van der Waals surface area contributed by atoms with E-state index in [0.29, 0.717) is 12.3 Å². The van der Waals surface area contributed by atoms with Crippen LogP contribution >= 0.6 is 0 Å². The number of ether oxygens (including phenoxy) is 1. The second kappa shape index (κ2) is 7.13. The van der Waals surface area contributed by atoms with Crippen molar-refractivity contribution in [3.63, 3.8) is 0 Å². The van der Waals surface area contributed by atoms with E-state index in [0.717, 1.165) is 20.0 Å². The third-order valence-corrected chi connectivity index (χ3v) is 4.98. The van der Waals surface area contributed by atoms with E-state index < -0.39 is 17.7 Å². The lowest BCUT2D eigenvalue weighted by Gasteiger charge is -2.38. The van der Waals surface area contributed by atoms with Crippen molar-refractivity contribution in [2.75, 3.05) is 7.11 Å². The molecule has 134 valence electrons. The van der Waals surface area contributed by atoms with Crippen molar-refractivity contribution in [1.82, 2.24) is 5.32 Å². The molecule has 0 bridgehead atoms. The van der Waals surface area contributed by atoms with Gasteiger partial charge in [-0.3, -0.25) is 4.79 Å². The first kappa shape index (κ1) is 18.8. The zero-order valence-corrected chi connectivity index (χ0v) is 14.2. The highest BCUT2D eigenvalue weighted by Crippen LogP contribution is 2.42. The van der Waals surface area contributed by atoms with Gasteiger partial charge in [0.05, 0.1) is 0 Å². The second-order valence-electron chi connectivity index (χ2n) is 6.72. The number of carbonyl (C=O) groups excluding carboxylic acids is 1. The Balaban J connectivity index is 2.35. The lowest BCUT2D eigenvalue weighted by Crippen LogP contribution is -2.58. The molecule has 24 heavy (non-hydrogen) atoms. The minimum absolute atomic E-state index is 0.142. The van der Waals surface area contributed by atoms with Gasteiger partial charge in [0.15, 0.2) is 0 Å². The predicted molar refractivity (Wildman–Crippen MR) is 85.3 cm³/mol. The molecule has 1 aliphatic rings. The average Bonchev–Trinajstić information content (AvgIpc) is 2.52. The predicted octanol–water partition coefficient (Wildman–Crippen LogP) is 4.03. The third kappa shape index (κ3) is 3.43. The summed E-state index contributed by atoms with van der Waals surface area (Å²) in [6.07, 6.45) is -2.26. The number of halogens is 3. The van der Waals surface area contributed by atoms with Gasteiger partial charge in [-0.25, -0.2) is 0 Å².